The summed E-state index contributed by atoms with van der Waals surface area (Å²) < 4.78 is 26.0. The molecule has 2 atom stereocenters. The van der Waals surface area contributed by atoms with Crippen LogP contribution in [0.15, 0.2) is 30.6 Å². The maximum Gasteiger partial charge on any atom is 0.249 e. The normalized spacial score (nSPS) is 16.1. The van der Waals surface area contributed by atoms with Crippen molar-refractivity contribution in [2.75, 3.05) is 36.8 Å². The predicted octanol–water partition coefficient (Wildman–Crippen LogP) is 2.58. The summed E-state index contributed by atoms with van der Waals surface area (Å²) in [6.07, 6.45) is 3.30. The number of amides is 1. The van der Waals surface area contributed by atoms with Crippen LogP contribution in [-0.2, 0) is 22.6 Å². The molecule has 0 spiro atoms. The second-order valence-electron chi connectivity index (χ2n) is 8.19. The van der Waals surface area contributed by atoms with Crippen LogP contribution < -0.4 is 20.3 Å². The number of hydrogen-bond acceptors (Lipinski definition) is 8. The Labute approximate surface area is 197 Å². The molecule has 0 bridgehead atoms. The van der Waals surface area contributed by atoms with Crippen LogP contribution in [0.5, 0.6) is 5.75 Å². The molecule has 1 amide bonds. The van der Waals surface area contributed by atoms with Gasteiger partial charge in [-0.1, -0.05) is 6.07 Å². The number of halogens is 1. The number of benzene rings is 1. The fourth-order valence-electron chi connectivity index (χ4n) is 3.96. The summed E-state index contributed by atoms with van der Waals surface area (Å²) in [6.45, 7) is 4.55. The molecule has 34 heavy (non-hydrogen) atoms. The van der Waals surface area contributed by atoms with E-state index in [4.69, 9.17) is 9.47 Å². The average molecular weight is 470 g/mol. The van der Waals surface area contributed by atoms with E-state index in [2.05, 4.69) is 25.7 Å². The number of carbonyl (C=O) groups is 1. The Hall–Kier alpha value is -3.73. The largest absolute Gasteiger partial charge is 0.494 e. The lowest BCUT2D eigenvalue weighted by Crippen LogP contribution is -2.53. The van der Waals surface area contributed by atoms with Crippen molar-refractivity contribution in [3.05, 3.63) is 53.2 Å². The van der Waals surface area contributed by atoms with Crippen LogP contribution in [0, 0.1) is 12.7 Å². The minimum absolute atomic E-state index is 0.152. The SMILES string of the molecule is COc1ccc(Cn2cc(CNc3nc(C)c4c(n3)N(C)[C@@H]([C@@H](C)OC)C(=O)N4)cn2)cc1F. The van der Waals surface area contributed by atoms with E-state index in [9.17, 15) is 9.18 Å². The number of aryl methyl sites for hydroxylation is 1. The monoisotopic (exact) mass is 469 g/mol. The number of nitrogens with zero attached hydrogens (tertiary/aromatic N) is 5. The number of aromatic nitrogens is 4. The summed E-state index contributed by atoms with van der Waals surface area (Å²) in [5, 5.41) is 10.5. The number of carbonyl (C=O) groups excluding carboxylic acids is 1. The van der Waals surface area contributed by atoms with E-state index in [0.717, 1.165) is 11.1 Å². The molecule has 0 aliphatic carbocycles. The van der Waals surface area contributed by atoms with E-state index < -0.39 is 11.9 Å². The van der Waals surface area contributed by atoms with Crippen molar-refractivity contribution in [2.24, 2.45) is 0 Å². The van der Waals surface area contributed by atoms with E-state index in [-0.39, 0.29) is 17.8 Å². The highest BCUT2D eigenvalue weighted by molar-refractivity contribution is 6.03. The first-order chi connectivity index (χ1) is 16.3. The van der Waals surface area contributed by atoms with Crippen molar-refractivity contribution in [1.29, 1.82) is 0 Å². The summed E-state index contributed by atoms with van der Waals surface area (Å²) >= 11 is 0. The molecule has 0 radical (unpaired) electrons. The molecule has 1 aromatic carbocycles. The van der Waals surface area contributed by atoms with Crippen molar-refractivity contribution < 1.29 is 18.7 Å². The second kappa shape index (κ2) is 9.64. The fraction of sp³-hybridized carbons (Fsp3) is 0.391. The molecule has 4 rings (SSSR count). The van der Waals surface area contributed by atoms with Crippen LogP contribution in [0.4, 0.5) is 21.8 Å². The van der Waals surface area contributed by atoms with E-state index in [1.54, 1.807) is 30.1 Å². The number of hydrogen-bond donors (Lipinski definition) is 2. The van der Waals surface area contributed by atoms with Crippen molar-refractivity contribution in [1.82, 2.24) is 19.7 Å². The molecule has 11 heteroatoms. The third-order valence-corrected chi connectivity index (χ3v) is 5.85. The van der Waals surface area contributed by atoms with Crippen LogP contribution in [-0.4, -0.2) is 59.1 Å². The molecular weight excluding hydrogens is 441 g/mol. The first kappa shape index (κ1) is 23.4. The van der Waals surface area contributed by atoms with Crippen molar-refractivity contribution in [2.45, 2.75) is 39.1 Å². The molecule has 2 N–H and O–H groups in total. The van der Waals surface area contributed by atoms with Gasteiger partial charge >= 0.3 is 0 Å². The highest BCUT2D eigenvalue weighted by Gasteiger charge is 2.37. The lowest BCUT2D eigenvalue weighted by Gasteiger charge is -2.37. The molecule has 3 heterocycles. The molecule has 1 aliphatic heterocycles. The lowest BCUT2D eigenvalue weighted by molar-refractivity contribution is -0.120. The highest BCUT2D eigenvalue weighted by atomic mass is 19.1. The number of nitrogens with one attached hydrogen (secondary N) is 2. The number of methoxy groups -OCH3 is 2. The van der Waals surface area contributed by atoms with Crippen LogP contribution in [0.3, 0.4) is 0 Å². The van der Waals surface area contributed by atoms with Gasteiger partial charge in [0.2, 0.25) is 11.9 Å². The van der Waals surface area contributed by atoms with Gasteiger partial charge in [-0.2, -0.15) is 10.1 Å². The van der Waals surface area contributed by atoms with Gasteiger partial charge in [-0.25, -0.2) is 9.37 Å². The minimum atomic E-state index is -0.499. The summed E-state index contributed by atoms with van der Waals surface area (Å²) in [6, 6.07) is 4.35. The number of likely N-dealkylation sites (N-methyl/N-ethyl adjacent to an activating group) is 1. The Morgan fingerprint density at radius 2 is 2.06 bits per heavy atom. The maximum atomic E-state index is 13.9. The average Bonchev–Trinajstić information content (AvgIpc) is 3.25. The second-order valence-corrected chi connectivity index (χ2v) is 8.19. The van der Waals surface area contributed by atoms with Gasteiger partial charge < -0.3 is 25.0 Å². The van der Waals surface area contributed by atoms with E-state index in [0.29, 0.717) is 36.2 Å². The summed E-state index contributed by atoms with van der Waals surface area (Å²) in [5.41, 5.74) is 2.95. The lowest BCUT2D eigenvalue weighted by atomic mass is 10.1. The molecule has 3 aromatic rings. The summed E-state index contributed by atoms with van der Waals surface area (Å²) in [7, 11) is 4.83. The van der Waals surface area contributed by atoms with E-state index in [1.165, 1.54) is 13.2 Å². The third-order valence-electron chi connectivity index (χ3n) is 5.85. The summed E-state index contributed by atoms with van der Waals surface area (Å²) in [5.74, 6) is 0.717. The van der Waals surface area contributed by atoms with Gasteiger partial charge in [-0.15, -0.1) is 0 Å². The zero-order valence-electron chi connectivity index (χ0n) is 19.8. The molecule has 0 saturated carbocycles. The van der Waals surface area contributed by atoms with E-state index in [1.807, 2.05) is 32.0 Å². The van der Waals surface area contributed by atoms with Gasteiger partial charge in [-0.3, -0.25) is 9.48 Å². The molecule has 2 aromatic heterocycles. The summed E-state index contributed by atoms with van der Waals surface area (Å²) in [4.78, 5) is 23.5. The standard InChI is InChI=1S/C23H28FN7O3/c1-13-19-21(30(3)20(14(2)33-4)22(32)28-19)29-23(27-13)25-9-16-10-26-31(12-16)11-15-6-7-18(34-5)17(24)8-15/h6-8,10,12,14,20H,9,11H2,1-5H3,(H,28,32)(H,25,27,29)/t14-,20+/m1/s1. The predicted molar refractivity (Wildman–Crippen MR) is 126 cm³/mol. The molecular formula is C23H28FN7O3. The quantitative estimate of drug-likeness (QED) is 0.519. The Bertz CT molecular complexity index is 1200. The van der Waals surface area contributed by atoms with Crippen LogP contribution >= 0.6 is 0 Å². The fourth-order valence-corrected chi connectivity index (χ4v) is 3.96. The zero-order chi connectivity index (χ0) is 24.4. The topological polar surface area (TPSA) is 106 Å². The van der Waals surface area contributed by atoms with Gasteiger partial charge in [0, 0.05) is 32.5 Å². The Kier molecular flexibility index (Phi) is 6.64. The van der Waals surface area contributed by atoms with Crippen LogP contribution in [0.2, 0.25) is 0 Å². The Morgan fingerprint density at radius 3 is 2.76 bits per heavy atom. The molecule has 0 saturated heterocycles. The molecule has 180 valence electrons. The molecule has 10 nitrogen and oxygen atoms in total. The molecule has 0 unspecified atom stereocenters. The first-order valence-corrected chi connectivity index (χ1v) is 10.8. The highest BCUT2D eigenvalue weighted by Crippen LogP contribution is 2.33. The number of rotatable bonds is 8. The number of fused-ring (bicyclic) bond motifs is 1. The Morgan fingerprint density at radius 1 is 1.26 bits per heavy atom. The van der Waals surface area contributed by atoms with E-state index >= 15 is 0 Å². The maximum absolute atomic E-state index is 13.9. The van der Waals surface area contributed by atoms with Crippen molar-refractivity contribution >= 4 is 23.4 Å². The van der Waals surface area contributed by atoms with Crippen LogP contribution in [0.1, 0.15) is 23.7 Å². The van der Waals surface area contributed by atoms with Crippen molar-refractivity contribution in [3.63, 3.8) is 0 Å². The van der Waals surface area contributed by atoms with Gasteiger partial charge in [0.15, 0.2) is 17.4 Å². The van der Waals surface area contributed by atoms with Gasteiger partial charge in [-0.05, 0) is 31.5 Å². The van der Waals surface area contributed by atoms with Gasteiger partial charge in [0.1, 0.15) is 11.7 Å². The smallest absolute Gasteiger partial charge is 0.249 e. The van der Waals surface area contributed by atoms with Crippen molar-refractivity contribution in [3.8, 4) is 5.75 Å². The van der Waals surface area contributed by atoms with Gasteiger partial charge in [0.25, 0.3) is 0 Å². The minimum Gasteiger partial charge on any atom is -0.494 e. The third kappa shape index (κ3) is 4.65. The Balaban J connectivity index is 1.45. The van der Waals surface area contributed by atoms with Gasteiger partial charge in [0.05, 0.1) is 31.6 Å². The molecule has 0 fully saturated rings. The number of ether oxygens (including phenoxy) is 2. The van der Waals surface area contributed by atoms with Crippen LogP contribution in [0.25, 0.3) is 0 Å². The number of anilines is 3. The zero-order valence-corrected chi connectivity index (χ0v) is 19.8. The first-order valence-electron chi connectivity index (χ1n) is 10.8. The molecule has 1 aliphatic rings.